The fourth-order valence-electron chi connectivity index (χ4n) is 4.07. The van der Waals surface area contributed by atoms with Crippen molar-refractivity contribution < 1.29 is 13.2 Å². The second-order valence-electron chi connectivity index (χ2n) is 7.73. The van der Waals surface area contributed by atoms with Gasteiger partial charge in [0.1, 0.15) is 16.5 Å². The molecule has 0 amide bonds. The molecule has 8 heteroatoms. The Bertz CT molecular complexity index is 907. The first kappa shape index (κ1) is 23.5. The Hall–Kier alpha value is -2.16. The zero-order valence-corrected chi connectivity index (χ0v) is 19.6. The molecule has 31 heavy (non-hydrogen) atoms. The van der Waals surface area contributed by atoms with Gasteiger partial charge in [0.25, 0.3) is 0 Å². The topological polar surface area (TPSA) is 74.8 Å². The van der Waals surface area contributed by atoms with Crippen molar-refractivity contribution in [1.29, 1.82) is 0 Å². The van der Waals surface area contributed by atoms with E-state index in [0.29, 0.717) is 25.5 Å². The first-order valence-electron chi connectivity index (χ1n) is 11.1. The zero-order valence-electron chi connectivity index (χ0n) is 18.8. The minimum absolute atomic E-state index is 0.215. The summed E-state index contributed by atoms with van der Waals surface area (Å²) in [6, 6.07) is 11.8. The maximum atomic E-state index is 12.7. The Morgan fingerprint density at radius 3 is 2.29 bits per heavy atom. The van der Waals surface area contributed by atoms with Gasteiger partial charge in [-0.15, -0.1) is 0 Å². The van der Waals surface area contributed by atoms with Crippen molar-refractivity contribution in [3.8, 4) is 5.75 Å². The largest absolute Gasteiger partial charge is 0.497 e. The summed E-state index contributed by atoms with van der Waals surface area (Å²) >= 11 is 0. The van der Waals surface area contributed by atoms with Crippen molar-refractivity contribution in [2.75, 3.05) is 45.2 Å². The molecule has 170 valence electrons. The molecule has 0 bridgehead atoms. The van der Waals surface area contributed by atoms with E-state index in [-0.39, 0.29) is 10.9 Å². The quantitative estimate of drug-likeness (QED) is 0.599. The van der Waals surface area contributed by atoms with E-state index in [2.05, 4.69) is 27.3 Å². The Balaban J connectivity index is 1.73. The number of sulfonamides is 1. The summed E-state index contributed by atoms with van der Waals surface area (Å²) in [5, 5.41) is 3.41. The molecule has 7 nitrogen and oxygen atoms in total. The van der Waals surface area contributed by atoms with Gasteiger partial charge in [0.05, 0.1) is 13.2 Å². The lowest BCUT2D eigenvalue weighted by Gasteiger charge is -2.35. The molecule has 0 saturated carbocycles. The lowest BCUT2D eigenvalue weighted by molar-refractivity contribution is 0.170. The summed E-state index contributed by atoms with van der Waals surface area (Å²) in [5.41, 5.74) is 1.23. The van der Waals surface area contributed by atoms with E-state index in [9.17, 15) is 8.42 Å². The summed E-state index contributed by atoms with van der Waals surface area (Å²) in [6.45, 7) is 7.41. The van der Waals surface area contributed by atoms with Gasteiger partial charge in [-0.1, -0.05) is 32.4 Å². The summed E-state index contributed by atoms with van der Waals surface area (Å²) in [6.07, 6.45) is 5.15. The standard InChI is InChI=1S/C23H34N4O3S/c1-4-27(5-2)31(28,29)21-13-14-23(24-17-21)25-18-22(26-15-7-6-8-16-26)19-9-11-20(30-3)12-10-19/h9-14,17,22H,4-8,15-16,18H2,1-3H3,(H,24,25)/t22-/m1/s1. The number of piperidine rings is 1. The van der Waals surface area contributed by atoms with E-state index in [1.165, 1.54) is 35.3 Å². The second-order valence-corrected chi connectivity index (χ2v) is 9.67. The summed E-state index contributed by atoms with van der Waals surface area (Å²) in [7, 11) is -1.82. The number of hydrogen-bond donors (Lipinski definition) is 1. The average Bonchev–Trinajstić information content (AvgIpc) is 2.81. The highest BCUT2D eigenvalue weighted by molar-refractivity contribution is 7.89. The van der Waals surface area contributed by atoms with E-state index in [4.69, 9.17) is 4.74 Å². The number of pyridine rings is 1. The molecule has 0 radical (unpaired) electrons. The van der Waals surface area contributed by atoms with Crippen molar-refractivity contribution in [3.63, 3.8) is 0 Å². The summed E-state index contributed by atoms with van der Waals surface area (Å²) in [4.78, 5) is 7.12. The smallest absolute Gasteiger partial charge is 0.244 e. The highest BCUT2D eigenvalue weighted by Crippen LogP contribution is 2.27. The van der Waals surface area contributed by atoms with E-state index < -0.39 is 10.0 Å². The molecular formula is C23H34N4O3S. The summed E-state index contributed by atoms with van der Waals surface area (Å²) in [5.74, 6) is 1.52. The summed E-state index contributed by atoms with van der Waals surface area (Å²) < 4.78 is 32.1. The minimum Gasteiger partial charge on any atom is -0.497 e. The number of rotatable bonds is 10. The van der Waals surface area contributed by atoms with Crippen LogP contribution >= 0.6 is 0 Å². The van der Waals surface area contributed by atoms with Crippen LogP contribution in [0.3, 0.4) is 0 Å². The van der Waals surface area contributed by atoms with Crippen molar-refractivity contribution in [3.05, 3.63) is 48.2 Å². The maximum Gasteiger partial charge on any atom is 0.244 e. The van der Waals surface area contributed by atoms with E-state index in [0.717, 1.165) is 18.8 Å². The third kappa shape index (κ3) is 5.75. The van der Waals surface area contributed by atoms with Gasteiger partial charge in [0.2, 0.25) is 10.0 Å². The molecule has 0 spiro atoms. The molecule has 1 N–H and O–H groups in total. The third-order valence-corrected chi connectivity index (χ3v) is 7.92. The average molecular weight is 447 g/mol. The van der Waals surface area contributed by atoms with Crippen LogP contribution in [0.25, 0.3) is 0 Å². The van der Waals surface area contributed by atoms with Gasteiger partial charge >= 0.3 is 0 Å². The zero-order chi connectivity index (χ0) is 22.3. The van der Waals surface area contributed by atoms with Crippen molar-refractivity contribution in [2.45, 2.75) is 44.0 Å². The molecular weight excluding hydrogens is 412 g/mol. The predicted molar refractivity (Wildman–Crippen MR) is 124 cm³/mol. The molecule has 1 saturated heterocycles. The number of nitrogens with one attached hydrogen (secondary N) is 1. The van der Waals surface area contributed by atoms with Crippen LogP contribution in [-0.2, 0) is 10.0 Å². The molecule has 1 aromatic carbocycles. The Morgan fingerprint density at radius 1 is 1.06 bits per heavy atom. The Labute approximate surface area is 186 Å². The highest BCUT2D eigenvalue weighted by atomic mass is 32.2. The SMILES string of the molecule is CCN(CC)S(=O)(=O)c1ccc(NC[C@H](c2ccc(OC)cc2)N2CCCCC2)nc1. The molecule has 3 rings (SSSR count). The van der Waals surface area contributed by atoms with E-state index in [1.54, 1.807) is 19.2 Å². The van der Waals surface area contributed by atoms with Gasteiger partial charge in [0.15, 0.2) is 0 Å². The van der Waals surface area contributed by atoms with Gasteiger partial charge in [-0.05, 0) is 55.8 Å². The Kier molecular flexibility index (Phi) is 8.28. The van der Waals surface area contributed by atoms with Gasteiger partial charge in [0, 0.05) is 25.8 Å². The number of nitrogens with zero attached hydrogens (tertiary/aromatic N) is 3. The van der Waals surface area contributed by atoms with Crippen molar-refractivity contribution in [1.82, 2.24) is 14.2 Å². The number of ether oxygens (including phenoxy) is 1. The number of likely N-dealkylation sites (tertiary alicyclic amines) is 1. The molecule has 1 aliphatic heterocycles. The first-order valence-corrected chi connectivity index (χ1v) is 12.5. The third-order valence-electron chi connectivity index (χ3n) is 5.89. The molecule has 1 aromatic heterocycles. The maximum absolute atomic E-state index is 12.7. The van der Waals surface area contributed by atoms with Gasteiger partial charge < -0.3 is 10.1 Å². The molecule has 2 aromatic rings. The van der Waals surface area contributed by atoms with Crippen LogP contribution < -0.4 is 10.1 Å². The van der Waals surface area contributed by atoms with Crippen LogP contribution in [-0.4, -0.2) is 62.4 Å². The van der Waals surface area contributed by atoms with Crippen LogP contribution in [0.5, 0.6) is 5.75 Å². The number of methoxy groups -OCH3 is 1. The fraction of sp³-hybridized carbons (Fsp3) is 0.522. The normalized spacial score (nSPS) is 16.3. The fourth-order valence-corrected chi connectivity index (χ4v) is 5.47. The second kappa shape index (κ2) is 10.9. The van der Waals surface area contributed by atoms with Crippen LogP contribution in [0, 0.1) is 0 Å². The van der Waals surface area contributed by atoms with E-state index in [1.807, 2.05) is 26.0 Å². The van der Waals surface area contributed by atoms with Crippen LogP contribution in [0.1, 0.15) is 44.7 Å². The van der Waals surface area contributed by atoms with Gasteiger partial charge in [-0.25, -0.2) is 13.4 Å². The highest BCUT2D eigenvalue weighted by Gasteiger charge is 2.24. The molecule has 1 aliphatic rings. The van der Waals surface area contributed by atoms with Crippen molar-refractivity contribution in [2.24, 2.45) is 0 Å². The number of hydrogen-bond acceptors (Lipinski definition) is 6. The Morgan fingerprint density at radius 2 is 1.74 bits per heavy atom. The number of anilines is 1. The molecule has 0 unspecified atom stereocenters. The lowest BCUT2D eigenvalue weighted by Crippen LogP contribution is -2.37. The van der Waals surface area contributed by atoms with Crippen LogP contribution in [0.15, 0.2) is 47.5 Å². The van der Waals surface area contributed by atoms with Crippen molar-refractivity contribution >= 4 is 15.8 Å². The van der Waals surface area contributed by atoms with Crippen LogP contribution in [0.4, 0.5) is 5.82 Å². The number of aromatic nitrogens is 1. The first-order chi connectivity index (χ1) is 15.0. The van der Waals surface area contributed by atoms with Gasteiger partial charge in [-0.3, -0.25) is 4.90 Å². The predicted octanol–water partition coefficient (Wildman–Crippen LogP) is 3.76. The minimum atomic E-state index is -3.49. The molecule has 1 fully saturated rings. The molecule has 0 aliphatic carbocycles. The van der Waals surface area contributed by atoms with Crippen LogP contribution in [0.2, 0.25) is 0 Å². The number of benzene rings is 1. The van der Waals surface area contributed by atoms with E-state index >= 15 is 0 Å². The molecule has 1 atom stereocenters. The van der Waals surface area contributed by atoms with Gasteiger partial charge in [-0.2, -0.15) is 4.31 Å². The monoisotopic (exact) mass is 446 g/mol. The lowest BCUT2D eigenvalue weighted by atomic mass is 10.0. The molecule has 2 heterocycles.